The zero-order valence-electron chi connectivity index (χ0n) is 11.0. The van der Waals surface area contributed by atoms with Crippen molar-refractivity contribution in [3.05, 3.63) is 35.4 Å². The summed E-state index contributed by atoms with van der Waals surface area (Å²) < 4.78 is 0. The zero-order valence-corrected chi connectivity index (χ0v) is 11.0. The summed E-state index contributed by atoms with van der Waals surface area (Å²) in [6.07, 6.45) is 0.985. The van der Waals surface area contributed by atoms with E-state index in [4.69, 9.17) is 5.73 Å². The highest BCUT2D eigenvalue weighted by Crippen LogP contribution is 2.04. The third-order valence-electron chi connectivity index (χ3n) is 2.47. The summed E-state index contributed by atoms with van der Waals surface area (Å²) in [7, 11) is 0. The first-order valence-electron chi connectivity index (χ1n) is 6.20. The maximum Gasteiger partial charge on any atom is 0.251 e. The summed E-state index contributed by atoms with van der Waals surface area (Å²) in [5.41, 5.74) is 6.77. The van der Waals surface area contributed by atoms with Gasteiger partial charge in [0.25, 0.3) is 5.91 Å². The van der Waals surface area contributed by atoms with Crippen LogP contribution in [0.15, 0.2) is 24.3 Å². The molecule has 96 valence electrons. The molecular formula is C15H20N2O. The van der Waals surface area contributed by atoms with Gasteiger partial charge in [0, 0.05) is 17.7 Å². The van der Waals surface area contributed by atoms with Gasteiger partial charge in [-0.2, -0.15) is 0 Å². The molecule has 0 aliphatic rings. The van der Waals surface area contributed by atoms with Gasteiger partial charge in [0.2, 0.25) is 0 Å². The van der Waals surface area contributed by atoms with Crippen molar-refractivity contribution in [3.63, 3.8) is 0 Å². The van der Waals surface area contributed by atoms with Crippen LogP contribution in [0.2, 0.25) is 0 Å². The molecule has 0 radical (unpaired) electrons. The molecule has 0 saturated carbocycles. The van der Waals surface area contributed by atoms with E-state index < -0.39 is 0 Å². The molecule has 0 aromatic heterocycles. The van der Waals surface area contributed by atoms with Gasteiger partial charge in [-0.05, 0) is 30.5 Å². The van der Waals surface area contributed by atoms with Crippen LogP contribution < -0.4 is 11.1 Å². The van der Waals surface area contributed by atoms with E-state index in [2.05, 4.69) is 31.0 Å². The Hall–Kier alpha value is -1.79. The highest BCUT2D eigenvalue weighted by atomic mass is 16.1. The Balaban J connectivity index is 2.62. The monoisotopic (exact) mass is 244 g/mol. The largest absolute Gasteiger partial charge is 0.352 e. The summed E-state index contributed by atoms with van der Waals surface area (Å²) in [5, 5.41) is 2.90. The minimum atomic E-state index is -0.0490. The zero-order chi connectivity index (χ0) is 13.4. The van der Waals surface area contributed by atoms with Crippen molar-refractivity contribution in [1.82, 2.24) is 5.32 Å². The van der Waals surface area contributed by atoms with Crippen molar-refractivity contribution < 1.29 is 4.79 Å². The number of nitrogens with two attached hydrogens (primary N) is 1. The van der Waals surface area contributed by atoms with Gasteiger partial charge in [-0.1, -0.05) is 31.8 Å². The third-order valence-corrected chi connectivity index (χ3v) is 2.47. The molecule has 0 saturated heterocycles. The van der Waals surface area contributed by atoms with Gasteiger partial charge in [-0.25, -0.2) is 0 Å². The molecule has 1 aromatic carbocycles. The molecule has 0 fully saturated rings. The number of hydrogen-bond acceptors (Lipinski definition) is 2. The van der Waals surface area contributed by atoms with E-state index in [-0.39, 0.29) is 5.91 Å². The Kier molecular flexibility index (Phi) is 5.96. The normalized spacial score (nSPS) is 9.78. The summed E-state index contributed by atoms with van der Waals surface area (Å²) >= 11 is 0. The number of benzene rings is 1. The minimum absolute atomic E-state index is 0.0490. The van der Waals surface area contributed by atoms with E-state index in [9.17, 15) is 4.79 Å². The topological polar surface area (TPSA) is 55.1 Å². The maximum absolute atomic E-state index is 11.9. The van der Waals surface area contributed by atoms with Crippen LogP contribution in [-0.4, -0.2) is 19.0 Å². The highest BCUT2D eigenvalue weighted by molar-refractivity contribution is 5.94. The van der Waals surface area contributed by atoms with E-state index in [0.717, 1.165) is 12.0 Å². The van der Waals surface area contributed by atoms with Crippen LogP contribution in [0, 0.1) is 17.8 Å². The van der Waals surface area contributed by atoms with Gasteiger partial charge in [-0.15, -0.1) is 0 Å². The average Bonchev–Trinajstić information content (AvgIpc) is 2.36. The molecule has 0 unspecified atom stereocenters. The molecule has 3 N–H and O–H groups in total. The molecule has 3 nitrogen and oxygen atoms in total. The number of amides is 1. The lowest BCUT2D eigenvalue weighted by Crippen LogP contribution is -2.25. The lowest BCUT2D eigenvalue weighted by Gasteiger charge is -2.07. The predicted molar refractivity (Wildman–Crippen MR) is 74.2 cm³/mol. The van der Waals surface area contributed by atoms with Crippen molar-refractivity contribution in [2.75, 3.05) is 13.1 Å². The summed E-state index contributed by atoms with van der Waals surface area (Å²) in [5.74, 6) is 6.23. The molecule has 0 bridgehead atoms. The van der Waals surface area contributed by atoms with Crippen LogP contribution in [0.3, 0.4) is 0 Å². The molecule has 1 rings (SSSR count). The number of hydrogen-bond donors (Lipinski definition) is 2. The fourth-order valence-corrected chi connectivity index (χ4v) is 1.47. The van der Waals surface area contributed by atoms with Crippen LogP contribution in [-0.2, 0) is 0 Å². The van der Waals surface area contributed by atoms with Crippen LogP contribution in [0.1, 0.15) is 36.2 Å². The van der Waals surface area contributed by atoms with Gasteiger partial charge in [0.15, 0.2) is 0 Å². The van der Waals surface area contributed by atoms with Crippen LogP contribution in [0.4, 0.5) is 0 Å². The second-order valence-electron chi connectivity index (χ2n) is 4.53. The highest BCUT2D eigenvalue weighted by Gasteiger charge is 2.05. The summed E-state index contributed by atoms with van der Waals surface area (Å²) in [6, 6.07) is 7.27. The molecule has 0 aliphatic carbocycles. The lowest BCUT2D eigenvalue weighted by molar-refractivity contribution is 0.0952. The molecule has 1 aromatic rings. The molecule has 0 spiro atoms. The van der Waals surface area contributed by atoms with Gasteiger partial charge in [-0.3, -0.25) is 4.79 Å². The second-order valence-corrected chi connectivity index (χ2v) is 4.53. The molecule has 0 atom stereocenters. The SMILES string of the molecule is CC(C)CCNC(=O)c1cccc(C#CCN)c1. The minimum Gasteiger partial charge on any atom is -0.352 e. The Labute approximate surface area is 109 Å². The number of nitrogens with one attached hydrogen (secondary N) is 1. The van der Waals surface area contributed by atoms with E-state index in [0.29, 0.717) is 24.6 Å². The van der Waals surface area contributed by atoms with Crippen LogP contribution >= 0.6 is 0 Å². The Bertz CT molecular complexity index is 455. The molecular weight excluding hydrogens is 224 g/mol. The maximum atomic E-state index is 11.9. The van der Waals surface area contributed by atoms with Crippen LogP contribution in [0.25, 0.3) is 0 Å². The number of rotatable bonds is 4. The lowest BCUT2D eigenvalue weighted by atomic mass is 10.1. The average molecular weight is 244 g/mol. The van der Waals surface area contributed by atoms with Crippen molar-refractivity contribution in [1.29, 1.82) is 0 Å². The smallest absolute Gasteiger partial charge is 0.251 e. The first-order chi connectivity index (χ1) is 8.63. The fourth-order valence-electron chi connectivity index (χ4n) is 1.47. The van der Waals surface area contributed by atoms with Gasteiger partial charge < -0.3 is 11.1 Å². The Morgan fingerprint density at radius 3 is 2.89 bits per heavy atom. The Morgan fingerprint density at radius 2 is 2.22 bits per heavy atom. The van der Waals surface area contributed by atoms with Crippen molar-refractivity contribution in [2.24, 2.45) is 11.7 Å². The van der Waals surface area contributed by atoms with Gasteiger partial charge in [0.05, 0.1) is 6.54 Å². The van der Waals surface area contributed by atoms with Crippen molar-refractivity contribution in [3.8, 4) is 11.8 Å². The first-order valence-corrected chi connectivity index (χ1v) is 6.20. The molecule has 3 heteroatoms. The Morgan fingerprint density at radius 1 is 1.44 bits per heavy atom. The van der Waals surface area contributed by atoms with E-state index >= 15 is 0 Å². The van der Waals surface area contributed by atoms with E-state index in [1.54, 1.807) is 12.1 Å². The third kappa shape index (κ3) is 5.03. The summed E-state index contributed by atoms with van der Waals surface area (Å²) in [6.45, 7) is 5.30. The van der Waals surface area contributed by atoms with E-state index in [1.807, 2.05) is 12.1 Å². The quantitative estimate of drug-likeness (QED) is 0.793. The van der Waals surface area contributed by atoms with Crippen LogP contribution in [0.5, 0.6) is 0 Å². The van der Waals surface area contributed by atoms with Gasteiger partial charge >= 0.3 is 0 Å². The second kappa shape index (κ2) is 7.52. The van der Waals surface area contributed by atoms with Crippen molar-refractivity contribution >= 4 is 5.91 Å². The predicted octanol–water partition coefficient (Wildman–Crippen LogP) is 1.77. The van der Waals surface area contributed by atoms with Crippen molar-refractivity contribution in [2.45, 2.75) is 20.3 Å². The standard InChI is InChI=1S/C15H20N2O/c1-12(2)8-10-17-15(18)14-7-3-5-13(11-14)6-4-9-16/h3,5,7,11-12H,8-10,16H2,1-2H3,(H,17,18). The molecule has 1 amide bonds. The van der Waals surface area contributed by atoms with E-state index in [1.165, 1.54) is 0 Å². The fraction of sp³-hybridized carbons (Fsp3) is 0.400. The molecule has 0 aliphatic heterocycles. The first kappa shape index (κ1) is 14.3. The van der Waals surface area contributed by atoms with Gasteiger partial charge in [0.1, 0.15) is 0 Å². The number of carbonyl (C=O) groups excluding carboxylic acids is 1. The summed E-state index contributed by atoms with van der Waals surface area (Å²) in [4.78, 5) is 11.9. The number of carbonyl (C=O) groups is 1. The molecule has 0 heterocycles. The molecule has 18 heavy (non-hydrogen) atoms.